The van der Waals surface area contributed by atoms with Crippen LogP contribution in [-0.2, 0) is 16.6 Å². The Balaban J connectivity index is 3.05. The van der Waals surface area contributed by atoms with Gasteiger partial charge in [0.1, 0.15) is 0 Å². The molecule has 0 atom stereocenters. The lowest BCUT2D eigenvalue weighted by molar-refractivity contribution is 0.380. The maximum absolute atomic E-state index is 11.4. The van der Waals surface area contributed by atoms with E-state index in [2.05, 4.69) is 0 Å². The molecular formula is C9H15N3O3S. The normalized spacial score (nSPS) is 12.0. The summed E-state index contributed by atoms with van der Waals surface area (Å²) in [6.07, 6.45) is 1.27. The van der Waals surface area contributed by atoms with E-state index in [0.29, 0.717) is 13.1 Å². The molecule has 0 aliphatic rings. The summed E-state index contributed by atoms with van der Waals surface area (Å²) in [5.41, 5.74) is -0.241. The van der Waals surface area contributed by atoms with Crippen molar-refractivity contribution in [3.63, 3.8) is 0 Å². The lowest BCUT2D eigenvalue weighted by Gasteiger charge is -2.11. The largest absolute Gasteiger partial charge is 0.313 e. The highest BCUT2D eigenvalue weighted by atomic mass is 32.2. The number of pyridine rings is 1. The number of primary sulfonamides is 1. The third-order valence-corrected chi connectivity index (χ3v) is 2.97. The summed E-state index contributed by atoms with van der Waals surface area (Å²) in [6, 6.07) is 2.42. The second kappa shape index (κ2) is 4.77. The summed E-state index contributed by atoms with van der Waals surface area (Å²) in [4.78, 5) is 13.3. The molecular weight excluding hydrogens is 230 g/mol. The first-order chi connectivity index (χ1) is 7.30. The van der Waals surface area contributed by atoms with Crippen LogP contribution in [0.2, 0.25) is 0 Å². The number of rotatable bonds is 4. The summed E-state index contributed by atoms with van der Waals surface area (Å²) < 4.78 is 23.5. The van der Waals surface area contributed by atoms with Crippen LogP contribution >= 0.6 is 0 Å². The molecule has 16 heavy (non-hydrogen) atoms. The zero-order valence-corrected chi connectivity index (χ0v) is 10.1. The van der Waals surface area contributed by atoms with Crippen LogP contribution in [0.4, 0.5) is 0 Å². The molecule has 0 aromatic carbocycles. The first-order valence-corrected chi connectivity index (χ1v) is 6.23. The topological polar surface area (TPSA) is 85.4 Å². The third kappa shape index (κ3) is 3.44. The summed E-state index contributed by atoms with van der Waals surface area (Å²) in [7, 11) is -0.0148. The van der Waals surface area contributed by atoms with Crippen molar-refractivity contribution < 1.29 is 8.42 Å². The molecule has 0 amide bonds. The Kier molecular flexibility index (Phi) is 3.84. The van der Waals surface area contributed by atoms with E-state index in [-0.39, 0.29) is 10.5 Å². The van der Waals surface area contributed by atoms with E-state index in [1.165, 1.54) is 22.9 Å². The van der Waals surface area contributed by atoms with Gasteiger partial charge in [0.05, 0.1) is 4.90 Å². The van der Waals surface area contributed by atoms with Crippen molar-refractivity contribution in [2.75, 3.05) is 20.6 Å². The minimum Gasteiger partial charge on any atom is -0.313 e. The predicted octanol–water partition coefficient (Wildman–Crippen LogP) is -0.943. The second-order valence-electron chi connectivity index (χ2n) is 3.74. The summed E-state index contributed by atoms with van der Waals surface area (Å²) >= 11 is 0. The molecule has 0 aliphatic carbocycles. The number of aromatic nitrogens is 1. The fourth-order valence-electron chi connectivity index (χ4n) is 1.16. The maximum Gasteiger partial charge on any atom is 0.250 e. The van der Waals surface area contributed by atoms with Crippen LogP contribution in [0.5, 0.6) is 0 Å². The fourth-order valence-corrected chi connectivity index (χ4v) is 1.69. The van der Waals surface area contributed by atoms with Gasteiger partial charge < -0.3 is 9.47 Å². The van der Waals surface area contributed by atoms with Gasteiger partial charge in [-0.3, -0.25) is 4.79 Å². The summed E-state index contributed by atoms with van der Waals surface area (Å²) in [6.45, 7) is 1.07. The Labute approximate surface area is 94.3 Å². The van der Waals surface area contributed by atoms with Crippen molar-refractivity contribution in [1.29, 1.82) is 0 Å². The minimum atomic E-state index is -3.75. The van der Waals surface area contributed by atoms with E-state index >= 15 is 0 Å². The lowest BCUT2D eigenvalue weighted by atomic mass is 10.4. The van der Waals surface area contributed by atoms with Crippen LogP contribution in [0.1, 0.15) is 0 Å². The van der Waals surface area contributed by atoms with Gasteiger partial charge in [-0.1, -0.05) is 0 Å². The van der Waals surface area contributed by atoms with Crippen LogP contribution in [0.25, 0.3) is 0 Å². The average molecular weight is 245 g/mol. The minimum absolute atomic E-state index is 0.0501. The van der Waals surface area contributed by atoms with Crippen LogP contribution in [0.15, 0.2) is 28.0 Å². The molecule has 0 unspecified atom stereocenters. The number of sulfonamides is 1. The fraction of sp³-hybridized carbons (Fsp3) is 0.444. The predicted molar refractivity (Wildman–Crippen MR) is 60.6 cm³/mol. The Morgan fingerprint density at radius 3 is 2.50 bits per heavy atom. The summed E-state index contributed by atoms with van der Waals surface area (Å²) in [5.74, 6) is 0. The Hall–Kier alpha value is -1.18. The SMILES string of the molecule is CN(C)CCn1cc(S(N)(=O)=O)ccc1=O. The number of nitrogens with two attached hydrogens (primary N) is 1. The molecule has 1 heterocycles. The molecule has 0 aliphatic heterocycles. The van der Waals surface area contributed by atoms with E-state index in [1.54, 1.807) is 0 Å². The molecule has 6 nitrogen and oxygen atoms in total. The van der Waals surface area contributed by atoms with Gasteiger partial charge in [0, 0.05) is 25.4 Å². The zero-order valence-electron chi connectivity index (χ0n) is 9.25. The van der Waals surface area contributed by atoms with E-state index in [4.69, 9.17) is 5.14 Å². The van der Waals surface area contributed by atoms with E-state index in [0.717, 1.165) is 0 Å². The standard InChI is InChI=1S/C9H15N3O3S/c1-11(2)5-6-12-7-8(16(10,14)15)3-4-9(12)13/h3-4,7H,5-6H2,1-2H3,(H2,10,14,15). The quantitative estimate of drug-likeness (QED) is 0.741. The van der Waals surface area contributed by atoms with Crippen molar-refractivity contribution in [3.8, 4) is 0 Å². The van der Waals surface area contributed by atoms with Gasteiger partial charge in [-0.25, -0.2) is 13.6 Å². The van der Waals surface area contributed by atoms with Crippen LogP contribution < -0.4 is 10.7 Å². The molecule has 7 heteroatoms. The van der Waals surface area contributed by atoms with E-state index in [1.807, 2.05) is 19.0 Å². The van der Waals surface area contributed by atoms with Gasteiger partial charge in [0.15, 0.2) is 0 Å². The number of hydrogen-bond donors (Lipinski definition) is 1. The van der Waals surface area contributed by atoms with Crippen LogP contribution in [0.3, 0.4) is 0 Å². The highest BCUT2D eigenvalue weighted by Crippen LogP contribution is 2.02. The van der Waals surface area contributed by atoms with Crippen molar-refractivity contribution in [1.82, 2.24) is 9.47 Å². The zero-order chi connectivity index (χ0) is 12.3. The van der Waals surface area contributed by atoms with E-state index < -0.39 is 10.0 Å². The maximum atomic E-state index is 11.4. The van der Waals surface area contributed by atoms with E-state index in [9.17, 15) is 13.2 Å². The van der Waals surface area contributed by atoms with Crippen LogP contribution in [-0.4, -0.2) is 38.5 Å². The molecule has 0 radical (unpaired) electrons. The first-order valence-electron chi connectivity index (χ1n) is 4.69. The van der Waals surface area contributed by atoms with Crippen molar-refractivity contribution in [2.45, 2.75) is 11.4 Å². The van der Waals surface area contributed by atoms with Gasteiger partial charge in [0.25, 0.3) is 5.56 Å². The monoisotopic (exact) mass is 245 g/mol. The molecule has 0 saturated heterocycles. The van der Waals surface area contributed by atoms with Gasteiger partial charge in [-0.15, -0.1) is 0 Å². The molecule has 90 valence electrons. The Morgan fingerprint density at radius 1 is 1.38 bits per heavy atom. The summed E-state index contributed by atoms with van der Waals surface area (Å²) in [5, 5.41) is 4.98. The third-order valence-electron chi connectivity index (χ3n) is 2.07. The Morgan fingerprint density at radius 2 is 2.00 bits per heavy atom. The smallest absolute Gasteiger partial charge is 0.250 e. The molecule has 0 bridgehead atoms. The molecule has 1 aromatic heterocycles. The van der Waals surface area contributed by atoms with Crippen LogP contribution in [0, 0.1) is 0 Å². The number of nitrogens with zero attached hydrogens (tertiary/aromatic N) is 2. The molecule has 2 N–H and O–H groups in total. The van der Waals surface area contributed by atoms with Gasteiger partial charge >= 0.3 is 0 Å². The van der Waals surface area contributed by atoms with Crippen molar-refractivity contribution in [3.05, 3.63) is 28.7 Å². The number of hydrogen-bond acceptors (Lipinski definition) is 4. The molecule has 0 fully saturated rings. The number of likely N-dealkylation sites (N-methyl/N-ethyl adjacent to an activating group) is 1. The highest BCUT2D eigenvalue weighted by Gasteiger charge is 2.09. The van der Waals surface area contributed by atoms with Gasteiger partial charge in [0.2, 0.25) is 10.0 Å². The Bertz CT molecular complexity index is 519. The molecule has 0 spiro atoms. The molecule has 1 aromatic rings. The highest BCUT2D eigenvalue weighted by molar-refractivity contribution is 7.89. The average Bonchev–Trinajstić information content (AvgIpc) is 2.14. The molecule has 1 rings (SSSR count). The lowest BCUT2D eigenvalue weighted by Crippen LogP contribution is -2.27. The second-order valence-corrected chi connectivity index (χ2v) is 5.31. The first kappa shape index (κ1) is 12.9. The van der Waals surface area contributed by atoms with Gasteiger partial charge in [-0.05, 0) is 20.2 Å². The molecule has 0 saturated carbocycles. The van der Waals surface area contributed by atoms with Gasteiger partial charge in [-0.2, -0.15) is 0 Å². The van der Waals surface area contributed by atoms with Crippen molar-refractivity contribution in [2.24, 2.45) is 5.14 Å². The van der Waals surface area contributed by atoms with Crippen molar-refractivity contribution >= 4 is 10.0 Å².